The Morgan fingerprint density at radius 2 is 1.82 bits per heavy atom. The van der Waals surface area contributed by atoms with Crippen molar-refractivity contribution in [3.05, 3.63) is 99.0 Å². The van der Waals surface area contributed by atoms with Crippen LogP contribution in [0.2, 0.25) is 5.02 Å². The third kappa shape index (κ3) is 7.68. The van der Waals surface area contributed by atoms with E-state index in [4.69, 9.17) is 16.6 Å². The lowest BCUT2D eigenvalue weighted by molar-refractivity contribution is -0.142. The minimum absolute atomic E-state index is 0.0430. The van der Waals surface area contributed by atoms with Crippen LogP contribution in [0.3, 0.4) is 0 Å². The predicted octanol–water partition coefficient (Wildman–Crippen LogP) is 7.50. The zero-order valence-corrected chi connectivity index (χ0v) is 31.9. The lowest BCUT2D eigenvalue weighted by Crippen LogP contribution is -2.24. The molecule has 2 aliphatic rings. The normalized spacial score (nSPS) is 18.0. The average Bonchev–Trinajstić information content (AvgIpc) is 3.61. The summed E-state index contributed by atoms with van der Waals surface area (Å²) in [6, 6.07) is 12.0. The van der Waals surface area contributed by atoms with Crippen LogP contribution < -0.4 is 0 Å². The number of alkyl halides is 5. The molecule has 2 aliphatic carbocycles. The number of hydrogen-bond donors (Lipinski definition) is 1. The number of carbonyl (C=O) groups excluding carboxylic acids is 1. The second kappa shape index (κ2) is 13.7. The van der Waals surface area contributed by atoms with E-state index in [1.807, 2.05) is 0 Å². The molecule has 3 heterocycles. The minimum Gasteiger partial charge on any atom is -0.378 e. The van der Waals surface area contributed by atoms with Crippen molar-refractivity contribution in [2.75, 3.05) is 6.26 Å². The smallest absolute Gasteiger partial charge is 0.378 e. The second-order valence-corrected chi connectivity index (χ2v) is 17.6. The zero-order valence-electron chi connectivity index (χ0n) is 30.3. The minimum atomic E-state index is -5.02. The molecule has 1 saturated carbocycles. The highest BCUT2D eigenvalue weighted by atomic mass is 35.5. The van der Waals surface area contributed by atoms with Gasteiger partial charge in [0, 0.05) is 53.6 Å². The monoisotopic (exact) mass is 817 g/mol. The number of pyridine rings is 1. The van der Waals surface area contributed by atoms with E-state index >= 15 is 8.78 Å². The number of aryl methyl sites for hydroxylation is 1. The van der Waals surface area contributed by atoms with E-state index in [0.717, 1.165) is 6.26 Å². The molecule has 0 saturated heterocycles. The van der Waals surface area contributed by atoms with Gasteiger partial charge >= 0.3 is 6.18 Å². The zero-order chi connectivity index (χ0) is 40.7. The molecule has 294 valence electrons. The maximum atomic E-state index is 15.4. The van der Waals surface area contributed by atoms with Crippen LogP contribution in [-0.2, 0) is 52.5 Å². The SMILES string of the molecule is Cn1nc(CS(C)(=O)=O)c2c(Cl)ccc(-c3ccc(C#CC(C)(C)O)nc3[C@@H](CC(=O)Cn3nc(C(F)(F)F)c4c3C(F)(F)[C@@H]3C[C@H]43)Cc3cccc(F)c3)c21. The van der Waals surface area contributed by atoms with Crippen LogP contribution in [0.15, 0.2) is 48.5 Å². The van der Waals surface area contributed by atoms with Crippen LogP contribution in [0.25, 0.3) is 22.0 Å². The molecule has 3 atom stereocenters. The summed E-state index contributed by atoms with van der Waals surface area (Å²) in [5.41, 5.74) is -2.08. The number of halogens is 7. The van der Waals surface area contributed by atoms with Crippen LogP contribution in [-0.4, -0.2) is 55.7 Å². The first-order chi connectivity index (χ1) is 26.0. The first kappa shape index (κ1) is 39.5. The molecule has 1 fully saturated rings. The second-order valence-electron chi connectivity index (χ2n) is 15.0. The Morgan fingerprint density at radius 3 is 2.48 bits per heavy atom. The van der Waals surface area contributed by atoms with Gasteiger partial charge in [0.25, 0.3) is 5.92 Å². The summed E-state index contributed by atoms with van der Waals surface area (Å²) in [7, 11) is -1.97. The summed E-state index contributed by atoms with van der Waals surface area (Å²) in [5, 5.41) is 18.8. The van der Waals surface area contributed by atoms with E-state index < -0.39 is 92.6 Å². The molecule has 17 heteroatoms. The topological polar surface area (TPSA) is 120 Å². The fraction of sp³-hybridized carbons (Fsp3) is 0.385. The summed E-state index contributed by atoms with van der Waals surface area (Å²) < 4.78 is 114. The first-order valence-electron chi connectivity index (χ1n) is 17.4. The molecule has 0 unspecified atom stereocenters. The van der Waals surface area contributed by atoms with Gasteiger partial charge in [-0.2, -0.15) is 32.1 Å². The molecule has 2 aromatic carbocycles. The highest BCUT2D eigenvalue weighted by molar-refractivity contribution is 7.89. The van der Waals surface area contributed by atoms with Crippen molar-refractivity contribution in [3.8, 4) is 23.0 Å². The van der Waals surface area contributed by atoms with Crippen molar-refractivity contribution in [3.63, 3.8) is 0 Å². The van der Waals surface area contributed by atoms with E-state index in [-0.39, 0.29) is 34.9 Å². The highest BCUT2D eigenvalue weighted by Crippen LogP contribution is 2.68. The number of fused-ring (bicyclic) bond motifs is 4. The Bertz CT molecular complexity index is 2600. The van der Waals surface area contributed by atoms with Crippen molar-refractivity contribution < 1.29 is 44.7 Å². The van der Waals surface area contributed by atoms with E-state index in [1.165, 1.54) is 36.7 Å². The third-order valence-electron chi connectivity index (χ3n) is 9.88. The summed E-state index contributed by atoms with van der Waals surface area (Å²) in [5.74, 6) is -3.12. The third-order valence-corrected chi connectivity index (χ3v) is 11.0. The molecule has 0 aliphatic heterocycles. The van der Waals surface area contributed by atoms with E-state index in [9.17, 15) is 35.9 Å². The van der Waals surface area contributed by atoms with Crippen LogP contribution >= 0.6 is 11.6 Å². The molecule has 1 N–H and O–H groups in total. The van der Waals surface area contributed by atoms with Crippen molar-refractivity contribution in [1.29, 1.82) is 0 Å². The average molecular weight is 818 g/mol. The number of aliphatic hydroxyl groups is 1. The van der Waals surface area contributed by atoms with Crippen LogP contribution in [0.5, 0.6) is 0 Å². The Morgan fingerprint density at radius 1 is 1.11 bits per heavy atom. The lowest BCUT2D eigenvalue weighted by atomic mass is 9.86. The van der Waals surface area contributed by atoms with Gasteiger partial charge in [-0.3, -0.25) is 14.2 Å². The molecule has 56 heavy (non-hydrogen) atoms. The van der Waals surface area contributed by atoms with Gasteiger partial charge in [0.05, 0.1) is 27.7 Å². The molecule has 0 radical (unpaired) electrons. The van der Waals surface area contributed by atoms with Crippen molar-refractivity contribution in [1.82, 2.24) is 24.5 Å². The van der Waals surface area contributed by atoms with Gasteiger partial charge in [-0.25, -0.2) is 17.8 Å². The molecule has 3 aromatic heterocycles. The summed E-state index contributed by atoms with van der Waals surface area (Å²) in [6.45, 7) is 2.03. The fourth-order valence-corrected chi connectivity index (χ4v) is 8.60. The van der Waals surface area contributed by atoms with Crippen LogP contribution in [0.1, 0.15) is 78.1 Å². The molecular formula is C39H34ClF6N5O4S. The number of hydrogen-bond acceptors (Lipinski definition) is 7. The largest absolute Gasteiger partial charge is 0.435 e. The number of carbonyl (C=O) groups is 1. The van der Waals surface area contributed by atoms with Gasteiger partial charge in [0.15, 0.2) is 21.3 Å². The highest BCUT2D eigenvalue weighted by Gasteiger charge is 2.68. The van der Waals surface area contributed by atoms with Crippen molar-refractivity contribution >= 4 is 38.1 Å². The van der Waals surface area contributed by atoms with Crippen LogP contribution in [0.4, 0.5) is 26.3 Å². The Labute approximate surface area is 322 Å². The number of rotatable bonds is 10. The first-order valence-corrected chi connectivity index (χ1v) is 19.9. The number of benzene rings is 2. The summed E-state index contributed by atoms with van der Waals surface area (Å²) >= 11 is 6.63. The maximum Gasteiger partial charge on any atom is 0.435 e. The molecule has 5 aromatic rings. The number of ketones is 1. The Balaban J connectivity index is 1.38. The molecule has 7 rings (SSSR count). The predicted molar refractivity (Wildman–Crippen MR) is 195 cm³/mol. The van der Waals surface area contributed by atoms with Gasteiger partial charge in [-0.15, -0.1) is 0 Å². The molecule has 0 bridgehead atoms. The molecule has 9 nitrogen and oxygen atoms in total. The number of Topliss-reactive ketones (excluding diaryl/α,β-unsaturated/α-hetero) is 1. The van der Waals surface area contributed by atoms with E-state index in [2.05, 4.69) is 22.0 Å². The van der Waals surface area contributed by atoms with Gasteiger partial charge in [0.1, 0.15) is 29.4 Å². The van der Waals surface area contributed by atoms with Gasteiger partial charge in [0.2, 0.25) is 0 Å². The van der Waals surface area contributed by atoms with Gasteiger partial charge in [-0.1, -0.05) is 35.7 Å². The van der Waals surface area contributed by atoms with Crippen molar-refractivity contribution in [2.45, 2.75) is 74.9 Å². The number of aromatic nitrogens is 5. The standard InChI is InChI=1S/C39H34ClF6N5O4S/c1-37(2,53)13-12-23-8-9-25(26-10-11-29(40)32-30(19-56(4,54)55)48-50(3)34(26)32)33(47-23)21(14-20-6-5-7-22(41)15-20)16-24(52)18-51-36-31(35(49-51)39(44,45)46)27-17-28(27)38(36,42)43/h5-11,15,21,27-28,53H,14,16-19H2,1-4H3/t21-,27+,28-/m1/s1. The van der Waals surface area contributed by atoms with Crippen LogP contribution in [0, 0.1) is 23.6 Å². The van der Waals surface area contributed by atoms with E-state index in [1.54, 1.807) is 37.4 Å². The van der Waals surface area contributed by atoms with E-state index in [0.29, 0.717) is 32.3 Å². The molecule has 0 spiro atoms. The number of sulfone groups is 1. The molecule has 0 amide bonds. The van der Waals surface area contributed by atoms with Crippen molar-refractivity contribution in [2.24, 2.45) is 13.0 Å². The fourth-order valence-electron chi connectivity index (χ4n) is 7.64. The lowest BCUT2D eigenvalue weighted by Gasteiger charge is -2.21. The Hall–Kier alpha value is -4.72. The van der Waals surface area contributed by atoms with Gasteiger partial charge < -0.3 is 5.11 Å². The summed E-state index contributed by atoms with van der Waals surface area (Å²) in [4.78, 5) is 18.8. The maximum absolute atomic E-state index is 15.4. The molecular weight excluding hydrogens is 784 g/mol. The number of nitrogens with zero attached hydrogens (tertiary/aromatic N) is 5. The quantitative estimate of drug-likeness (QED) is 0.115. The summed E-state index contributed by atoms with van der Waals surface area (Å²) in [6.07, 6.45) is -4.58. The van der Waals surface area contributed by atoms with Gasteiger partial charge in [-0.05, 0) is 74.4 Å². The Kier molecular flexibility index (Phi) is 9.69.